The number of sulfone groups is 2. The molecule has 0 aromatic rings. The van der Waals surface area contributed by atoms with Crippen LogP contribution in [0.25, 0.3) is 0 Å². The van der Waals surface area contributed by atoms with Crippen LogP contribution in [0.1, 0.15) is 6.42 Å². The largest absolute Gasteiger partial charge is 0.377 e. The van der Waals surface area contributed by atoms with Crippen molar-refractivity contribution in [3.63, 3.8) is 0 Å². The molecule has 0 aliphatic carbocycles. The van der Waals surface area contributed by atoms with E-state index in [1.807, 2.05) is 0 Å². The number of halogens is 2. The molecule has 0 saturated carbocycles. The minimum absolute atomic E-state index is 0.0488. The molecule has 0 rings (SSSR count). The van der Waals surface area contributed by atoms with Crippen LogP contribution in [-0.2, 0) is 19.7 Å². The Morgan fingerprint density at radius 2 is 1.44 bits per heavy atom. The van der Waals surface area contributed by atoms with Crippen molar-refractivity contribution in [1.29, 1.82) is 0 Å². The van der Waals surface area contributed by atoms with Gasteiger partial charge in [0.15, 0.2) is 25.1 Å². The van der Waals surface area contributed by atoms with Gasteiger partial charge < -0.3 is 5.11 Å². The van der Waals surface area contributed by atoms with Gasteiger partial charge in [0.1, 0.15) is 0 Å². The van der Waals surface area contributed by atoms with Gasteiger partial charge in [0.05, 0.1) is 17.3 Å². The van der Waals surface area contributed by atoms with Gasteiger partial charge in [-0.05, 0) is 0 Å². The van der Waals surface area contributed by atoms with Gasteiger partial charge in [0, 0.05) is 18.2 Å². The van der Waals surface area contributed by atoms with E-state index in [4.69, 9.17) is 23.2 Å². The van der Waals surface area contributed by atoms with Gasteiger partial charge in [-0.3, -0.25) is 0 Å². The molecule has 0 heterocycles. The Morgan fingerprint density at radius 3 is 1.88 bits per heavy atom. The number of hydrogen-bond acceptors (Lipinski definition) is 5. The highest BCUT2D eigenvalue weighted by atomic mass is 35.5. The summed E-state index contributed by atoms with van der Waals surface area (Å²) in [5, 5.41) is 9.30. The smallest absolute Gasteiger partial charge is 0.178 e. The third kappa shape index (κ3) is 6.24. The van der Waals surface area contributed by atoms with E-state index in [0.717, 1.165) is 0 Å². The van der Waals surface area contributed by atoms with Crippen molar-refractivity contribution >= 4 is 42.9 Å². The van der Waals surface area contributed by atoms with Gasteiger partial charge in [-0.1, -0.05) is 0 Å². The highest BCUT2D eigenvalue weighted by Crippen LogP contribution is 2.07. The molecule has 0 saturated heterocycles. The Labute approximate surface area is 106 Å². The zero-order valence-electron chi connectivity index (χ0n) is 8.47. The summed E-state index contributed by atoms with van der Waals surface area (Å²) in [6, 6.07) is 0. The third-order valence-electron chi connectivity index (χ3n) is 1.84. The normalized spacial score (nSPS) is 14.9. The Morgan fingerprint density at radius 1 is 0.938 bits per heavy atom. The molecule has 0 aliphatic heterocycles. The maximum Gasteiger partial charge on any atom is 0.178 e. The summed E-state index contributed by atoms with van der Waals surface area (Å²) in [6.45, 7) is 0. The van der Waals surface area contributed by atoms with Crippen molar-refractivity contribution in [2.24, 2.45) is 0 Å². The predicted octanol–water partition coefficient (Wildman–Crippen LogP) is 0.00210. The fourth-order valence-corrected chi connectivity index (χ4v) is 4.41. The van der Waals surface area contributed by atoms with Crippen LogP contribution in [0.2, 0.25) is 0 Å². The van der Waals surface area contributed by atoms with Crippen LogP contribution in [0.15, 0.2) is 0 Å². The van der Waals surface area contributed by atoms with Crippen LogP contribution in [0.5, 0.6) is 0 Å². The molecule has 0 amide bonds. The average Bonchev–Trinajstić information content (AvgIpc) is 2.14. The molecule has 98 valence electrons. The fourth-order valence-electron chi connectivity index (χ4n) is 0.923. The summed E-state index contributed by atoms with van der Waals surface area (Å²) >= 11 is 10.5. The van der Waals surface area contributed by atoms with Crippen molar-refractivity contribution in [2.45, 2.75) is 11.9 Å². The second kappa shape index (κ2) is 7.00. The molecule has 1 N–H and O–H groups in total. The first-order valence-electron chi connectivity index (χ1n) is 4.47. The Balaban J connectivity index is 4.33. The second-order valence-electron chi connectivity index (χ2n) is 3.14. The second-order valence-corrected chi connectivity index (χ2v) is 8.48. The molecule has 0 aromatic carbocycles. The third-order valence-corrected chi connectivity index (χ3v) is 6.19. The van der Waals surface area contributed by atoms with Crippen LogP contribution in [0.3, 0.4) is 0 Å². The van der Waals surface area contributed by atoms with Crippen molar-refractivity contribution in [3.05, 3.63) is 0 Å². The summed E-state index contributed by atoms with van der Waals surface area (Å²) < 4.78 is 44.9. The Hall–Kier alpha value is 0.440. The van der Waals surface area contributed by atoms with Crippen LogP contribution >= 0.6 is 23.2 Å². The molecular formula is C7H14Cl2O5S2. The lowest BCUT2D eigenvalue weighted by Crippen LogP contribution is -2.27. The van der Waals surface area contributed by atoms with Gasteiger partial charge in [-0.15, -0.1) is 23.2 Å². The SMILES string of the molecule is O=S(=O)(CCCl)CC[C@H](O)S(=O)(=O)CCCl. The van der Waals surface area contributed by atoms with Crippen LogP contribution < -0.4 is 0 Å². The molecule has 0 bridgehead atoms. The van der Waals surface area contributed by atoms with Gasteiger partial charge >= 0.3 is 0 Å². The quantitative estimate of drug-likeness (QED) is 0.637. The van der Waals surface area contributed by atoms with Gasteiger partial charge in [0.25, 0.3) is 0 Å². The van der Waals surface area contributed by atoms with Crippen LogP contribution in [0, 0.1) is 0 Å². The van der Waals surface area contributed by atoms with Crippen LogP contribution in [0.4, 0.5) is 0 Å². The summed E-state index contributed by atoms with van der Waals surface area (Å²) in [7, 11) is -7.11. The zero-order valence-corrected chi connectivity index (χ0v) is 11.6. The van der Waals surface area contributed by atoms with E-state index in [2.05, 4.69) is 0 Å². The lowest BCUT2D eigenvalue weighted by atomic mass is 10.5. The van der Waals surface area contributed by atoms with Crippen LogP contribution in [-0.4, -0.2) is 56.4 Å². The standard InChI is InChI=1S/C7H14Cl2O5S2/c8-2-5-15(11,12)4-1-7(10)16(13,14)6-3-9/h7,10H,1-6H2/t7-/m1/s1. The molecule has 0 fully saturated rings. The predicted molar refractivity (Wildman–Crippen MR) is 64.5 cm³/mol. The molecule has 0 aromatic heterocycles. The molecule has 1 atom stereocenters. The minimum atomic E-state index is -3.72. The van der Waals surface area contributed by atoms with E-state index < -0.39 is 30.9 Å². The van der Waals surface area contributed by atoms with E-state index in [0.29, 0.717) is 0 Å². The first-order chi connectivity index (χ1) is 7.25. The first-order valence-corrected chi connectivity index (χ1v) is 9.08. The number of aliphatic hydroxyl groups is 1. The number of rotatable bonds is 8. The molecule has 0 radical (unpaired) electrons. The summed E-state index contributed by atoms with van der Waals surface area (Å²) in [6.07, 6.45) is -0.349. The average molecular weight is 313 g/mol. The molecule has 16 heavy (non-hydrogen) atoms. The number of aliphatic hydroxyl groups excluding tert-OH is 1. The Bertz CT molecular complexity index is 389. The van der Waals surface area contributed by atoms with E-state index in [1.54, 1.807) is 0 Å². The van der Waals surface area contributed by atoms with Crippen molar-refractivity contribution in [3.8, 4) is 0 Å². The van der Waals surface area contributed by atoms with Crippen molar-refractivity contribution in [2.75, 3.05) is 29.0 Å². The molecule has 5 nitrogen and oxygen atoms in total. The topological polar surface area (TPSA) is 88.5 Å². The minimum Gasteiger partial charge on any atom is -0.377 e. The zero-order chi connectivity index (χ0) is 12.8. The molecule has 0 aliphatic rings. The molecular weight excluding hydrogens is 299 g/mol. The van der Waals surface area contributed by atoms with E-state index in [-0.39, 0.29) is 29.7 Å². The molecule has 9 heteroatoms. The maximum absolute atomic E-state index is 11.2. The summed E-state index contributed by atoms with van der Waals surface area (Å²) in [5.74, 6) is -1.18. The molecule has 0 unspecified atom stereocenters. The highest BCUT2D eigenvalue weighted by molar-refractivity contribution is 7.92. The highest BCUT2D eigenvalue weighted by Gasteiger charge is 2.24. The maximum atomic E-state index is 11.2. The van der Waals surface area contributed by atoms with Crippen molar-refractivity contribution < 1.29 is 21.9 Å². The monoisotopic (exact) mass is 312 g/mol. The van der Waals surface area contributed by atoms with E-state index >= 15 is 0 Å². The number of alkyl halides is 2. The Kier molecular flexibility index (Phi) is 7.20. The van der Waals surface area contributed by atoms with E-state index in [1.165, 1.54) is 0 Å². The summed E-state index contributed by atoms with van der Waals surface area (Å²) in [5.41, 5.74) is -1.68. The number of hydrogen-bond donors (Lipinski definition) is 1. The van der Waals surface area contributed by atoms with E-state index in [9.17, 15) is 21.9 Å². The molecule has 0 spiro atoms. The van der Waals surface area contributed by atoms with Crippen molar-refractivity contribution in [1.82, 2.24) is 0 Å². The summed E-state index contributed by atoms with van der Waals surface area (Å²) in [4.78, 5) is 0. The van der Waals surface area contributed by atoms with Gasteiger partial charge in [-0.2, -0.15) is 0 Å². The van der Waals surface area contributed by atoms with Gasteiger partial charge in [0.2, 0.25) is 0 Å². The fraction of sp³-hybridized carbons (Fsp3) is 1.00. The van der Waals surface area contributed by atoms with Gasteiger partial charge in [-0.25, -0.2) is 16.8 Å². The lowest BCUT2D eigenvalue weighted by Gasteiger charge is -2.10. The lowest BCUT2D eigenvalue weighted by molar-refractivity contribution is 0.245. The first kappa shape index (κ1) is 16.4.